The summed E-state index contributed by atoms with van der Waals surface area (Å²) >= 11 is 0. The van der Waals surface area contributed by atoms with Crippen molar-refractivity contribution in [3.63, 3.8) is 0 Å². The van der Waals surface area contributed by atoms with Crippen LogP contribution in [0.4, 0.5) is 16.4 Å². The molecule has 0 bridgehead atoms. The molecule has 11 heteroatoms. The van der Waals surface area contributed by atoms with Gasteiger partial charge in [0.1, 0.15) is 5.60 Å². The number of benzene rings is 2. The van der Waals surface area contributed by atoms with Crippen molar-refractivity contribution in [2.75, 3.05) is 43.8 Å². The van der Waals surface area contributed by atoms with Gasteiger partial charge in [0.2, 0.25) is 5.95 Å². The summed E-state index contributed by atoms with van der Waals surface area (Å²) in [4.78, 5) is 28.4. The zero-order valence-corrected chi connectivity index (χ0v) is 25.6. The molecule has 2 aromatic heterocycles. The van der Waals surface area contributed by atoms with E-state index in [4.69, 9.17) is 4.74 Å². The number of ether oxygens (including phenoxy) is 1. The Kier molecular flexibility index (Phi) is 9.12. The van der Waals surface area contributed by atoms with Crippen molar-refractivity contribution in [1.82, 2.24) is 24.8 Å². The lowest BCUT2D eigenvalue weighted by Crippen LogP contribution is -2.50. The lowest BCUT2D eigenvalue weighted by molar-refractivity contribution is 0.0145. The van der Waals surface area contributed by atoms with Crippen molar-refractivity contribution in [3.8, 4) is 0 Å². The molecule has 0 atom stereocenters. The molecule has 5 rings (SSSR count). The molecule has 2 aromatic carbocycles. The van der Waals surface area contributed by atoms with E-state index >= 15 is 0 Å². The van der Waals surface area contributed by atoms with Crippen LogP contribution in [-0.2, 0) is 14.6 Å². The molecule has 10 nitrogen and oxygen atoms in total. The molecule has 0 aliphatic carbocycles. The van der Waals surface area contributed by atoms with Gasteiger partial charge in [0.25, 0.3) is 0 Å². The van der Waals surface area contributed by atoms with Crippen LogP contribution in [0.5, 0.6) is 0 Å². The van der Waals surface area contributed by atoms with Gasteiger partial charge in [-0.05, 0) is 75.7 Å². The monoisotopic (exact) mass is 602 g/mol. The number of aromatic amines is 1. The van der Waals surface area contributed by atoms with Gasteiger partial charge in [0, 0.05) is 66.9 Å². The van der Waals surface area contributed by atoms with Crippen LogP contribution in [-0.4, -0.2) is 83.3 Å². The van der Waals surface area contributed by atoms with Crippen LogP contribution in [0.2, 0.25) is 0 Å². The van der Waals surface area contributed by atoms with Gasteiger partial charge in [-0.3, -0.25) is 4.90 Å². The first-order valence-corrected chi connectivity index (χ1v) is 16.1. The number of anilines is 2. The smallest absolute Gasteiger partial charge is 0.410 e. The summed E-state index contributed by atoms with van der Waals surface area (Å²) in [5.41, 5.74) is 3.24. The molecule has 0 saturated carbocycles. The summed E-state index contributed by atoms with van der Waals surface area (Å²) in [5, 5.41) is 4.28. The fourth-order valence-corrected chi connectivity index (χ4v) is 6.18. The highest BCUT2D eigenvalue weighted by atomic mass is 32.2. The Morgan fingerprint density at radius 1 is 1.00 bits per heavy atom. The Bertz CT molecular complexity index is 1670. The lowest BCUT2D eigenvalue weighted by Gasteiger charge is -2.35. The number of carbonyl (C=O) groups excluding carboxylic acids is 1. The summed E-state index contributed by atoms with van der Waals surface area (Å²) in [6.07, 6.45) is 9.62. The van der Waals surface area contributed by atoms with Gasteiger partial charge in [-0.2, -0.15) is 0 Å². The number of piperazine rings is 1. The summed E-state index contributed by atoms with van der Waals surface area (Å²) in [6, 6.07) is 14.8. The number of nitrogens with one attached hydrogen (secondary N) is 2. The Balaban J connectivity index is 1.08. The van der Waals surface area contributed by atoms with E-state index in [0.29, 0.717) is 50.8 Å². The van der Waals surface area contributed by atoms with Crippen molar-refractivity contribution in [2.45, 2.75) is 37.7 Å². The van der Waals surface area contributed by atoms with Crippen LogP contribution >= 0.6 is 0 Å². The predicted molar refractivity (Wildman–Crippen MR) is 170 cm³/mol. The zero-order chi connectivity index (χ0) is 30.5. The third-order valence-electron chi connectivity index (χ3n) is 7.14. The number of amides is 1. The van der Waals surface area contributed by atoms with E-state index in [9.17, 15) is 13.2 Å². The van der Waals surface area contributed by atoms with Crippen LogP contribution in [0.3, 0.4) is 0 Å². The second-order valence-electron chi connectivity index (χ2n) is 11.6. The van der Waals surface area contributed by atoms with Crippen molar-refractivity contribution in [3.05, 3.63) is 78.2 Å². The number of H-pyrrole nitrogens is 1. The third-order valence-corrected chi connectivity index (χ3v) is 8.95. The number of sulfone groups is 1. The number of rotatable bonds is 9. The summed E-state index contributed by atoms with van der Waals surface area (Å²) in [6.45, 7) is 8.76. The predicted octanol–water partition coefficient (Wildman–Crippen LogP) is 5.59. The van der Waals surface area contributed by atoms with Crippen LogP contribution in [0.25, 0.3) is 23.1 Å². The van der Waals surface area contributed by atoms with Gasteiger partial charge in [0.15, 0.2) is 9.84 Å². The number of hydrogen-bond acceptors (Lipinski definition) is 8. The zero-order valence-electron chi connectivity index (χ0n) is 24.8. The highest BCUT2D eigenvalue weighted by Gasteiger charge is 2.26. The normalized spacial score (nSPS) is 14.8. The number of carbonyl (C=O) groups is 1. The maximum Gasteiger partial charge on any atom is 0.410 e. The van der Waals surface area contributed by atoms with Gasteiger partial charge in [-0.15, -0.1) is 0 Å². The average Bonchev–Trinajstić information content (AvgIpc) is 3.46. The third kappa shape index (κ3) is 8.20. The second kappa shape index (κ2) is 13.0. The van der Waals surface area contributed by atoms with E-state index < -0.39 is 15.4 Å². The minimum atomic E-state index is -3.42. The van der Waals surface area contributed by atoms with E-state index in [1.165, 1.54) is 0 Å². The number of aromatic nitrogens is 3. The molecule has 1 aliphatic rings. The minimum Gasteiger partial charge on any atom is -0.444 e. The maximum absolute atomic E-state index is 12.9. The summed E-state index contributed by atoms with van der Waals surface area (Å²) < 4.78 is 31.3. The van der Waals surface area contributed by atoms with Gasteiger partial charge < -0.3 is 19.9 Å². The Labute approximate surface area is 252 Å². The Morgan fingerprint density at radius 2 is 1.72 bits per heavy atom. The molecule has 1 amide bonds. The molecular weight excluding hydrogens is 564 g/mol. The Hall–Kier alpha value is -4.22. The van der Waals surface area contributed by atoms with E-state index in [0.717, 1.165) is 22.0 Å². The lowest BCUT2D eigenvalue weighted by atomic mass is 10.1. The van der Waals surface area contributed by atoms with Crippen molar-refractivity contribution in [1.29, 1.82) is 0 Å². The molecule has 1 fully saturated rings. The number of nitrogens with zero attached hydrogens (tertiary/aromatic N) is 4. The fraction of sp³-hybridized carbons (Fsp3) is 0.344. The summed E-state index contributed by atoms with van der Waals surface area (Å²) in [5.74, 6) is 0.482. The summed E-state index contributed by atoms with van der Waals surface area (Å²) in [7, 11) is -3.42. The van der Waals surface area contributed by atoms with Gasteiger partial charge in [-0.1, -0.05) is 24.3 Å². The van der Waals surface area contributed by atoms with Crippen LogP contribution in [0.1, 0.15) is 38.3 Å². The molecule has 1 aliphatic heterocycles. The average molecular weight is 603 g/mol. The van der Waals surface area contributed by atoms with Gasteiger partial charge >= 0.3 is 6.09 Å². The standard InChI is InChI=1S/C32H38N6O4S/c1-32(2,3)42-31(39)38-19-17-37(18-20-38)16-5-21-43(40,41)27-12-10-26(11-13-27)36-30-34-22-24(23-35-30)8-9-25-6-4-7-29-28(25)14-15-33-29/h4,6-15,22-23,33H,5,16-21H2,1-3H3,(H,34,35,36). The maximum atomic E-state index is 12.9. The molecule has 1 saturated heterocycles. The first-order valence-electron chi connectivity index (χ1n) is 14.4. The first kappa shape index (κ1) is 30.2. The minimum absolute atomic E-state index is 0.0583. The van der Waals surface area contributed by atoms with Crippen molar-refractivity contribution < 1.29 is 17.9 Å². The van der Waals surface area contributed by atoms with Gasteiger partial charge in [0.05, 0.1) is 10.6 Å². The van der Waals surface area contributed by atoms with Gasteiger partial charge in [-0.25, -0.2) is 23.2 Å². The molecule has 0 unspecified atom stereocenters. The second-order valence-corrected chi connectivity index (χ2v) is 13.7. The first-order chi connectivity index (χ1) is 20.6. The van der Waals surface area contributed by atoms with Crippen LogP contribution in [0, 0.1) is 0 Å². The molecule has 0 spiro atoms. The molecule has 226 valence electrons. The topological polar surface area (TPSA) is 121 Å². The van der Waals surface area contributed by atoms with Crippen LogP contribution in [0.15, 0.2) is 72.0 Å². The number of fused-ring (bicyclic) bond motifs is 1. The SMILES string of the molecule is CC(C)(C)OC(=O)N1CCN(CCCS(=O)(=O)c2ccc(Nc3ncc(C=Cc4cccc5[nH]ccc45)cn3)cc2)CC1. The van der Waals surface area contributed by atoms with E-state index in [1.807, 2.05) is 57.3 Å². The highest BCUT2D eigenvalue weighted by molar-refractivity contribution is 7.91. The quantitative estimate of drug-likeness (QED) is 0.255. The molecular formula is C32H38N6O4S. The largest absolute Gasteiger partial charge is 0.444 e. The number of hydrogen-bond donors (Lipinski definition) is 2. The van der Waals surface area contributed by atoms with Crippen molar-refractivity contribution >= 4 is 50.6 Å². The fourth-order valence-electron chi connectivity index (χ4n) is 4.88. The molecule has 4 aromatic rings. The molecule has 3 heterocycles. The molecule has 0 radical (unpaired) electrons. The molecule has 43 heavy (non-hydrogen) atoms. The van der Waals surface area contributed by atoms with Crippen molar-refractivity contribution in [2.24, 2.45) is 0 Å². The van der Waals surface area contributed by atoms with E-state index in [1.54, 1.807) is 41.6 Å². The van der Waals surface area contributed by atoms with E-state index in [2.05, 4.69) is 31.2 Å². The highest BCUT2D eigenvalue weighted by Crippen LogP contribution is 2.21. The van der Waals surface area contributed by atoms with Crippen LogP contribution < -0.4 is 5.32 Å². The van der Waals surface area contributed by atoms with E-state index in [-0.39, 0.29) is 16.7 Å². The molecule has 2 N–H and O–H groups in total. The Morgan fingerprint density at radius 3 is 2.42 bits per heavy atom.